The topological polar surface area (TPSA) is 81.8 Å². The first-order chi connectivity index (χ1) is 10.9. The lowest BCUT2D eigenvalue weighted by Gasteiger charge is -2.34. The van der Waals surface area contributed by atoms with Crippen molar-refractivity contribution in [1.29, 1.82) is 0 Å². The van der Waals surface area contributed by atoms with Gasteiger partial charge < -0.3 is 15.5 Å². The molecule has 23 heavy (non-hydrogen) atoms. The van der Waals surface area contributed by atoms with Crippen molar-refractivity contribution in [1.82, 2.24) is 20.4 Å². The molecule has 1 saturated carbocycles. The monoisotopic (exact) mass is 324 g/mol. The largest absolute Gasteiger partial charge is 0.343 e. The fraction of sp³-hybridized carbons (Fsp3) is 0.812. The van der Waals surface area contributed by atoms with E-state index in [1.807, 2.05) is 7.05 Å². The standard InChI is InChI=1S/C16H28N4O3/c1-4-12-5-7-16(8-6-12)14(22)20(15(23)18-16)11-13(21)19(3)10-9-17-2/h12,17H,4-11H2,1-3H3,(H,18,23). The molecule has 0 aromatic carbocycles. The summed E-state index contributed by atoms with van der Waals surface area (Å²) in [5.74, 6) is 0.184. The van der Waals surface area contributed by atoms with Crippen LogP contribution in [0.1, 0.15) is 39.0 Å². The highest BCUT2D eigenvalue weighted by atomic mass is 16.2. The van der Waals surface area contributed by atoms with Crippen LogP contribution in [-0.4, -0.2) is 66.9 Å². The number of imide groups is 1. The van der Waals surface area contributed by atoms with E-state index in [1.165, 1.54) is 4.90 Å². The molecular weight excluding hydrogens is 296 g/mol. The summed E-state index contributed by atoms with van der Waals surface area (Å²) in [4.78, 5) is 39.7. The van der Waals surface area contributed by atoms with Gasteiger partial charge in [0.25, 0.3) is 5.91 Å². The summed E-state index contributed by atoms with van der Waals surface area (Å²) < 4.78 is 0. The molecule has 2 fully saturated rings. The van der Waals surface area contributed by atoms with Crippen molar-refractivity contribution >= 4 is 17.8 Å². The van der Waals surface area contributed by atoms with Gasteiger partial charge in [-0.3, -0.25) is 14.5 Å². The molecule has 1 aliphatic heterocycles. The molecule has 2 aliphatic rings. The van der Waals surface area contributed by atoms with Gasteiger partial charge in [0, 0.05) is 20.1 Å². The predicted octanol–water partition coefficient (Wildman–Crippen LogP) is 0.555. The van der Waals surface area contributed by atoms with E-state index in [-0.39, 0.29) is 18.4 Å². The van der Waals surface area contributed by atoms with E-state index in [0.717, 1.165) is 24.2 Å². The van der Waals surface area contributed by atoms with Crippen LogP contribution in [0.3, 0.4) is 0 Å². The van der Waals surface area contributed by atoms with E-state index in [0.29, 0.717) is 31.8 Å². The molecule has 0 aromatic rings. The number of likely N-dealkylation sites (N-methyl/N-ethyl adjacent to an activating group) is 2. The maximum absolute atomic E-state index is 12.7. The number of amides is 4. The van der Waals surface area contributed by atoms with E-state index in [1.54, 1.807) is 7.05 Å². The third kappa shape index (κ3) is 3.65. The summed E-state index contributed by atoms with van der Waals surface area (Å²) in [6.07, 6.45) is 4.36. The zero-order chi connectivity index (χ0) is 17.0. The Morgan fingerprint density at radius 3 is 2.61 bits per heavy atom. The molecule has 7 heteroatoms. The minimum absolute atomic E-state index is 0.177. The van der Waals surface area contributed by atoms with Gasteiger partial charge in [0.2, 0.25) is 5.91 Å². The average Bonchev–Trinajstić information content (AvgIpc) is 2.77. The first kappa shape index (κ1) is 17.7. The van der Waals surface area contributed by atoms with Crippen LogP contribution in [0.15, 0.2) is 0 Å². The summed E-state index contributed by atoms with van der Waals surface area (Å²) in [5.41, 5.74) is -0.771. The molecule has 130 valence electrons. The zero-order valence-corrected chi connectivity index (χ0v) is 14.4. The minimum atomic E-state index is -0.771. The molecule has 1 heterocycles. The molecule has 0 unspecified atom stereocenters. The Morgan fingerprint density at radius 1 is 1.39 bits per heavy atom. The number of hydrogen-bond acceptors (Lipinski definition) is 4. The summed E-state index contributed by atoms with van der Waals surface area (Å²) in [6.45, 7) is 3.19. The first-order valence-corrected chi connectivity index (χ1v) is 8.46. The van der Waals surface area contributed by atoms with Gasteiger partial charge in [0.15, 0.2) is 0 Å². The summed E-state index contributed by atoms with van der Waals surface area (Å²) >= 11 is 0. The number of nitrogens with zero attached hydrogens (tertiary/aromatic N) is 2. The van der Waals surface area contributed by atoms with Gasteiger partial charge in [-0.25, -0.2) is 4.79 Å². The molecular formula is C16H28N4O3. The molecule has 4 amide bonds. The van der Waals surface area contributed by atoms with Crippen molar-refractivity contribution < 1.29 is 14.4 Å². The SMILES string of the molecule is CCC1CCC2(CC1)NC(=O)N(CC(=O)N(C)CCNC)C2=O. The normalized spacial score (nSPS) is 27.4. The maximum Gasteiger partial charge on any atom is 0.325 e. The average molecular weight is 324 g/mol. The lowest BCUT2D eigenvalue weighted by molar-refractivity contribution is -0.139. The molecule has 1 spiro atoms. The Balaban J connectivity index is 1.98. The summed E-state index contributed by atoms with van der Waals surface area (Å²) in [6, 6.07) is -0.430. The number of nitrogens with one attached hydrogen (secondary N) is 2. The van der Waals surface area contributed by atoms with Crippen molar-refractivity contribution in [3.63, 3.8) is 0 Å². The lowest BCUT2D eigenvalue weighted by Crippen LogP contribution is -2.50. The van der Waals surface area contributed by atoms with E-state index in [4.69, 9.17) is 0 Å². The number of urea groups is 1. The van der Waals surface area contributed by atoms with E-state index < -0.39 is 11.6 Å². The van der Waals surface area contributed by atoms with Gasteiger partial charge in [-0.15, -0.1) is 0 Å². The van der Waals surface area contributed by atoms with E-state index >= 15 is 0 Å². The van der Waals surface area contributed by atoms with Crippen LogP contribution in [0.4, 0.5) is 4.79 Å². The van der Waals surface area contributed by atoms with Gasteiger partial charge in [-0.2, -0.15) is 0 Å². The molecule has 1 saturated heterocycles. The highest BCUT2D eigenvalue weighted by Crippen LogP contribution is 2.37. The van der Waals surface area contributed by atoms with Gasteiger partial charge in [-0.05, 0) is 38.6 Å². The van der Waals surface area contributed by atoms with Crippen molar-refractivity contribution in [2.75, 3.05) is 33.7 Å². The van der Waals surface area contributed by atoms with Gasteiger partial charge >= 0.3 is 6.03 Å². The maximum atomic E-state index is 12.7. The molecule has 1 aliphatic carbocycles. The highest BCUT2D eigenvalue weighted by Gasteiger charge is 2.52. The second-order valence-electron chi connectivity index (χ2n) is 6.67. The third-order valence-corrected chi connectivity index (χ3v) is 5.20. The van der Waals surface area contributed by atoms with Crippen molar-refractivity contribution in [2.45, 2.75) is 44.6 Å². The van der Waals surface area contributed by atoms with Crippen LogP contribution >= 0.6 is 0 Å². The van der Waals surface area contributed by atoms with Crippen LogP contribution in [0.5, 0.6) is 0 Å². The minimum Gasteiger partial charge on any atom is -0.343 e. The fourth-order valence-corrected chi connectivity index (χ4v) is 3.40. The summed E-state index contributed by atoms with van der Waals surface area (Å²) in [5, 5.41) is 5.82. The lowest BCUT2D eigenvalue weighted by atomic mass is 9.75. The Kier molecular flexibility index (Phi) is 5.62. The quantitative estimate of drug-likeness (QED) is 0.699. The van der Waals surface area contributed by atoms with Crippen molar-refractivity contribution in [2.24, 2.45) is 5.92 Å². The second-order valence-corrected chi connectivity index (χ2v) is 6.67. The molecule has 0 radical (unpaired) electrons. The number of carbonyl (C=O) groups excluding carboxylic acids is 3. The molecule has 0 aromatic heterocycles. The number of carbonyl (C=O) groups is 3. The third-order valence-electron chi connectivity index (χ3n) is 5.20. The highest BCUT2D eigenvalue weighted by molar-refractivity contribution is 6.09. The Morgan fingerprint density at radius 2 is 2.04 bits per heavy atom. The first-order valence-electron chi connectivity index (χ1n) is 8.46. The molecule has 7 nitrogen and oxygen atoms in total. The van der Waals surface area contributed by atoms with Gasteiger partial charge in [0.1, 0.15) is 12.1 Å². The zero-order valence-electron chi connectivity index (χ0n) is 14.4. The van der Waals surface area contributed by atoms with Gasteiger partial charge in [-0.1, -0.05) is 13.3 Å². The molecule has 0 bridgehead atoms. The smallest absolute Gasteiger partial charge is 0.325 e. The Hall–Kier alpha value is -1.63. The Labute approximate surface area is 137 Å². The van der Waals surface area contributed by atoms with Crippen LogP contribution < -0.4 is 10.6 Å². The van der Waals surface area contributed by atoms with Crippen molar-refractivity contribution in [3.05, 3.63) is 0 Å². The predicted molar refractivity (Wildman–Crippen MR) is 86.8 cm³/mol. The number of rotatable bonds is 6. The van der Waals surface area contributed by atoms with Crippen LogP contribution in [0.25, 0.3) is 0 Å². The number of hydrogen-bond donors (Lipinski definition) is 2. The Bertz CT molecular complexity index is 472. The molecule has 0 atom stereocenters. The van der Waals surface area contributed by atoms with Crippen molar-refractivity contribution in [3.8, 4) is 0 Å². The van der Waals surface area contributed by atoms with Crippen LogP contribution in [0.2, 0.25) is 0 Å². The van der Waals surface area contributed by atoms with Crippen LogP contribution in [-0.2, 0) is 9.59 Å². The molecule has 2 N–H and O–H groups in total. The summed E-state index contributed by atoms with van der Waals surface area (Å²) in [7, 11) is 3.49. The van der Waals surface area contributed by atoms with Crippen LogP contribution in [0, 0.1) is 5.92 Å². The van der Waals surface area contributed by atoms with E-state index in [2.05, 4.69) is 17.6 Å². The fourth-order valence-electron chi connectivity index (χ4n) is 3.40. The van der Waals surface area contributed by atoms with Gasteiger partial charge in [0.05, 0.1) is 0 Å². The van der Waals surface area contributed by atoms with E-state index in [9.17, 15) is 14.4 Å². The molecule has 2 rings (SSSR count). The second kappa shape index (κ2) is 7.29.